The van der Waals surface area contributed by atoms with Crippen molar-refractivity contribution in [2.24, 2.45) is 4.99 Å². The quantitative estimate of drug-likeness (QED) is 0.432. The maximum absolute atomic E-state index is 12.4. The molecular weight excluding hydrogens is 277 g/mol. The van der Waals surface area contributed by atoms with Gasteiger partial charge < -0.3 is 13.8 Å². The van der Waals surface area contributed by atoms with Gasteiger partial charge in [0.1, 0.15) is 0 Å². The Morgan fingerprint density at radius 1 is 1.25 bits per heavy atom. The fourth-order valence-corrected chi connectivity index (χ4v) is 2.41. The second kappa shape index (κ2) is 8.00. The third-order valence-electron chi connectivity index (χ3n) is 2.52. The number of aryl methyl sites for hydroxylation is 1. The molecule has 0 aliphatic carbocycles. The smallest absolute Gasteiger partial charge is 0.379 e. The van der Waals surface area contributed by atoms with E-state index in [1.54, 1.807) is 0 Å². The highest BCUT2D eigenvalue weighted by Crippen LogP contribution is 2.49. The van der Waals surface area contributed by atoms with Crippen LogP contribution in [0.2, 0.25) is 0 Å². The van der Waals surface area contributed by atoms with Crippen molar-refractivity contribution in [3.05, 3.63) is 42.2 Å². The van der Waals surface area contributed by atoms with Gasteiger partial charge in [-0.15, -0.1) is 0 Å². The first-order chi connectivity index (χ1) is 9.55. The van der Waals surface area contributed by atoms with Gasteiger partial charge in [0.2, 0.25) is 0 Å². The molecule has 0 aliphatic heterocycles. The monoisotopic (exact) mass is 297 g/mol. The van der Waals surface area contributed by atoms with E-state index < -0.39 is 7.60 Å². The van der Waals surface area contributed by atoms with Crippen LogP contribution in [0.4, 0.5) is 5.69 Å². The molecule has 0 fully saturated rings. The van der Waals surface area contributed by atoms with Gasteiger partial charge in [-0.05, 0) is 26.0 Å². The largest absolute Gasteiger partial charge is 0.501 e. The van der Waals surface area contributed by atoms with Crippen molar-refractivity contribution in [1.29, 1.82) is 0 Å². The van der Waals surface area contributed by atoms with Crippen molar-refractivity contribution in [2.45, 2.75) is 13.8 Å². The lowest BCUT2D eigenvalue weighted by atomic mass is 10.2. The van der Waals surface area contributed by atoms with E-state index in [9.17, 15) is 4.57 Å². The van der Waals surface area contributed by atoms with Crippen molar-refractivity contribution in [1.82, 2.24) is 0 Å². The molecule has 0 unspecified atom stereocenters. The third-order valence-corrected chi connectivity index (χ3v) is 4.29. The third kappa shape index (κ3) is 4.60. The van der Waals surface area contributed by atoms with Gasteiger partial charge in [-0.2, -0.15) is 0 Å². The lowest BCUT2D eigenvalue weighted by Gasteiger charge is -2.13. The van der Waals surface area contributed by atoms with Crippen molar-refractivity contribution in [3.8, 4) is 0 Å². The van der Waals surface area contributed by atoms with Crippen molar-refractivity contribution >= 4 is 18.7 Å². The van der Waals surface area contributed by atoms with Crippen molar-refractivity contribution in [2.75, 3.05) is 20.8 Å². The molecule has 0 bridgehead atoms. The molecule has 20 heavy (non-hydrogen) atoms. The summed E-state index contributed by atoms with van der Waals surface area (Å²) >= 11 is 0. The van der Waals surface area contributed by atoms with Crippen LogP contribution in [0.1, 0.15) is 12.5 Å². The summed E-state index contributed by atoms with van der Waals surface area (Å²) in [5.74, 6) is 0. The van der Waals surface area contributed by atoms with Crippen LogP contribution < -0.4 is 0 Å². The minimum Gasteiger partial charge on any atom is -0.501 e. The van der Waals surface area contributed by atoms with E-state index in [2.05, 4.69) is 4.99 Å². The predicted octanol–water partition coefficient (Wildman–Crippen LogP) is 4.06. The van der Waals surface area contributed by atoms with Gasteiger partial charge in [0.15, 0.2) is 5.45 Å². The number of nitrogens with zero attached hydrogens (tertiary/aromatic N) is 1. The van der Waals surface area contributed by atoms with Crippen molar-refractivity contribution in [3.63, 3.8) is 0 Å². The molecule has 0 aliphatic rings. The molecule has 0 heterocycles. The Morgan fingerprint density at radius 3 is 2.35 bits per heavy atom. The fourth-order valence-electron chi connectivity index (χ4n) is 1.41. The molecule has 1 aromatic rings. The first-order valence-corrected chi connectivity index (χ1v) is 7.75. The summed E-state index contributed by atoms with van der Waals surface area (Å²) in [5.41, 5.74) is 1.98. The average Bonchev–Trinajstić information content (AvgIpc) is 2.47. The zero-order chi connectivity index (χ0) is 15.0. The summed E-state index contributed by atoms with van der Waals surface area (Å²) in [5, 5.41) is 0. The number of benzene rings is 1. The van der Waals surface area contributed by atoms with Crippen LogP contribution in [0.15, 0.2) is 41.6 Å². The molecule has 1 rings (SSSR count). The Labute approximate surface area is 119 Å². The SMILES string of the molecule is CCO/C=C/C(=Nc1ccc(C)cc1)P(=O)(OC)OC. The van der Waals surface area contributed by atoms with Crippen LogP contribution in [0.3, 0.4) is 0 Å². The van der Waals surface area contributed by atoms with Gasteiger partial charge in [0.25, 0.3) is 0 Å². The van der Waals surface area contributed by atoms with Crippen LogP contribution in [0.5, 0.6) is 0 Å². The Morgan fingerprint density at radius 2 is 1.85 bits per heavy atom. The van der Waals surface area contributed by atoms with Gasteiger partial charge >= 0.3 is 7.60 Å². The molecule has 0 radical (unpaired) electrons. The van der Waals surface area contributed by atoms with Crippen LogP contribution in [0, 0.1) is 6.92 Å². The molecule has 1 aromatic carbocycles. The molecule has 0 saturated heterocycles. The Bertz CT molecular complexity index is 514. The normalized spacial score (nSPS) is 12.9. The zero-order valence-electron chi connectivity index (χ0n) is 12.2. The summed E-state index contributed by atoms with van der Waals surface area (Å²) in [6.45, 7) is 4.35. The zero-order valence-corrected chi connectivity index (χ0v) is 13.1. The molecule has 0 atom stereocenters. The number of rotatable bonds is 7. The van der Waals surface area contributed by atoms with Gasteiger partial charge in [0.05, 0.1) is 18.6 Å². The highest BCUT2D eigenvalue weighted by atomic mass is 31.2. The van der Waals surface area contributed by atoms with Gasteiger partial charge in [-0.25, -0.2) is 4.99 Å². The van der Waals surface area contributed by atoms with Crippen molar-refractivity contribution < 1.29 is 18.3 Å². The molecule has 0 spiro atoms. The molecule has 5 nitrogen and oxygen atoms in total. The van der Waals surface area contributed by atoms with Gasteiger partial charge in [-0.1, -0.05) is 17.7 Å². The summed E-state index contributed by atoms with van der Waals surface area (Å²) in [6, 6.07) is 7.51. The topological polar surface area (TPSA) is 57.1 Å². The Balaban J connectivity index is 3.15. The molecule has 6 heteroatoms. The summed E-state index contributed by atoms with van der Waals surface area (Å²) < 4.78 is 27.5. The number of aliphatic imine (C=N–C) groups is 1. The van der Waals surface area contributed by atoms with E-state index in [4.69, 9.17) is 13.8 Å². The maximum Gasteiger partial charge on any atom is 0.379 e. The van der Waals surface area contributed by atoms with Crippen LogP contribution in [-0.4, -0.2) is 26.3 Å². The Kier molecular flexibility index (Phi) is 6.65. The second-order valence-electron chi connectivity index (χ2n) is 3.93. The first kappa shape index (κ1) is 16.6. The van der Waals surface area contributed by atoms with Gasteiger partial charge in [0, 0.05) is 20.3 Å². The standard InChI is InChI=1S/C14H20NO4P/c1-5-19-11-10-14(20(16,17-3)18-4)15-13-8-6-12(2)7-9-13/h6-11H,5H2,1-4H3/b11-10+,15-14?. The minimum absolute atomic E-state index is 0.194. The van der Waals surface area contributed by atoms with E-state index >= 15 is 0 Å². The predicted molar refractivity (Wildman–Crippen MR) is 80.7 cm³/mol. The molecule has 0 amide bonds. The summed E-state index contributed by atoms with van der Waals surface area (Å²) in [7, 11) is -0.780. The number of allylic oxidation sites excluding steroid dienone is 1. The average molecular weight is 297 g/mol. The highest BCUT2D eigenvalue weighted by molar-refractivity contribution is 7.72. The van der Waals surface area contributed by atoms with Crippen LogP contribution in [0.25, 0.3) is 0 Å². The number of hydrogen-bond donors (Lipinski definition) is 0. The Hall–Kier alpha value is -1.42. The number of ether oxygens (including phenoxy) is 1. The van der Waals surface area contributed by atoms with Gasteiger partial charge in [-0.3, -0.25) is 4.57 Å². The van der Waals surface area contributed by atoms with E-state index in [0.29, 0.717) is 12.3 Å². The van der Waals surface area contributed by atoms with Crippen LogP contribution >= 0.6 is 7.60 Å². The molecule has 0 saturated carbocycles. The van der Waals surface area contributed by atoms with E-state index in [1.165, 1.54) is 26.6 Å². The second-order valence-corrected chi connectivity index (χ2v) is 6.11. The van der Waals surface area contributed by atoms with E-state index in [1.807, 2.05) is 38.1 Å². The lowest BCUT2D eigenvalue weighted by Crippen LogP contribution is -2.01. The van der Waals surface area contributed by atoms with E-state index in [0.717, 1.165) is 5.56 Å². The molecule has 110 valence electrons. The molecule has 0 aromatic heterocycles. The fraction of sp³-hybridized carbons (Fsp3) is 0.357. The molecule has 0 N–H and O–H groups in total. The maximum atomic E-state index is 12.4. The number of hydrogen-bond acceptors (Lipinski definition) is 5. The summed E-state index contributed by atoms with van der Waals surface area (Å²) in [6.07, 6.45) is 2.93. The first-order valence-electron chi connectivity index (χ1n) is 6.21. The minimum atomic E-state index is -3.43. The highest BCUT2D eigenvalue weighted by Gasteiger charge is 2.27. The van der Waals surface area contributed by atoms with Crippen LogP contribution in [-0.2, 0) is 18.3 Å². The van der Waals surface area contributed by atoms with E-state index in [-0.39, 0.29) is 5.45 Å². The summed E-state index contributed by atoms with van der Waals surface area (Å²) in [4.78, 5) is 4.32. The lowest BCUT2D eigenvalue weighted by molar-refractivity contribution is 0.269. The molecular formula is C14H20NO4P.